The van der Waals surface area contributed by atoms with Gasteiger partial charge in [-0.1, -0.05) is 35.5 Å². The molecule has 0 amide bonds. The van der Waals surface area contributed by atoms with Crippen molar-refractivity contribution in [2.75, 3.05) is 0 Å². The lowest BCUT2D eigenvalue weighted by Gasteiger charge is -2.08. The van der Waals surface area contributed by atoms with Gasteiger partial charge in [-0.15, -0.1) is 5.10 Å². The number of nitrogens with one attached hydrogen (secondary N) is 1. The van der Waals surface area contributed by atoms with Crippen molar-refractivity contribution in [3.8, 4) is 17.1 Å². The van der Waals surface area contributed by atoms with Crippen LogP contribution in [0.15, 0.2) is 79.3 Å². The molecule has 0 radical (unpaired) electrons. The minimum atomic E-state index is 0.677. The van der Waals surface area contributed by atoms with Crippen LogP contribution < -0.4 is 0 Å². The van der Waals surface area contributed by atoms with Crippen LogP contribution in [0, 0.1) is 0 Å². The van der Waals surface area contributed by atoms with E-state index in [0.29, 0.717) is 6.54 Å². The molecule has 1 N–H and O–H groups in total. The summed E-state index contributed by atoms with van der Waals surface area (Å²) in [5, 5.41) is 21.2. The highest BCUT2D eigenvalue weighted by atomic mass is 15.4. The molecule has 2 aromatic carbocycles. The fourth-order valence-electron chi connectivity index (χ4n) is 3.65. The topological polar surface area (TPSA) is 90.1 Å². The molecule has 6 rings (SSSR count). The normalized spacial score (nSPS) is 11.5. The summed E-state index contributed by atoms with van der Waals surface area (Å²) in [5.41, 5.74) is 6.42. The van der Waals surface area contributed by atoms with E-state index < -0.39 is 0 Å². The number of fused-ring (bicyclic) bond motifs is 2. The number of hydrogen-bond donors (Lipinski definition) is 1. The summed E-state index contributed by atoms with van der Waals surface area (Å²) in [6.45, 7) is 0.677. The zero-order chi connectivity index (χ0) is 19.9. The number of rotatable bonds is 4. The number of H-pyrrole nitrogens is 1. The molecule has 0 spiro atoms. The van der Waals surface area contributed by atoms with Gasteiger partial charge in [-0.25, -0.2) is 4.68 Å². The third-order valence-electron chi connectivity index (χ3n) is 5.16. The Morgan fingerprint density at radius 3 is 2.80 bits per heavy atom. The standard InChI is InChI=1S/C22H16N8/c1-2-4-15(5-3-1)14-29-21(8-9-25-29)19-11-22-20(13-23-19)27-28-30(22)17-7-6-16-12-24-26-18(16)10-17/h1-13H,14H2,(H,24,26). The van der Waals surface area contributed by atoms with Crippen molar-refractivity contribution < 1.29 is 0 Å². The monoisotopic (exact) mass is 392 g/mol. The van der Waals surface area contributed by atoms with E-state index in [1.54, 1.807) is 18.6 Å². The Balaban J connectivity index is 1.44. The summed E-state index contributed by atoms with van der Waals surface area (Å²) in [5.74, 6) is 0. The van der Waals surface area contributed by atoms with Crippen molar-refractivity contribution in [2.45, 2.75) is 6.54 Å². The third kappa shape index (κ3) is 2.74. The molecule has 0 aliphatic heterocycles. The molecule has 144 valence electrons. The van der Waals surface area contributed by atoms with Gasteiger partial charge >= 0.3 is 0 Å². The molecule has 6 aromatic rings. The van der Waals surface area contributed by atoms with Crippen LogP contribution in [0.5, 0.6) is 0 Å². The number of nitrogens with zero attached hydrogens (tertiary/aromatic N) is 7. The third-order valence-corrected chi connectivity index (χ3v) is 5.16. The second kappa shape index (κ2) is 6.63. The van der Waals surface area contributed by atoms with Crippen LogP contribution in [0.2, 0.25) is 0 Å². The Hall–Kier alpha value is -4.33. The van der Waals surface area contributed by atoms with Gasteiger partial charge in [0.05, 0.1) is 47.0 Å². The van der Waals surface area contributed by atoms with E-state index in [4.69, 9.17) is 0 Å². The predicted molar refractivity (Wildman–Crippen MR) is 113 cm³/mol. The van der Waals surface area contributed by atoms with E-state index in [0.717, 1.165) is 39.0 Å². The van der Waals surface area contributed by atoms with E-state index in [1.165, 1.54) is 5.56 Å². The first-order valence-corrected chi connectivity index (χ1v) is 9.56. The molecular formula is C22H16N8. The molecule has 0 atom stereocenters. The van der Waals surface area contributed by atoms with Gasteiger partial charge < -0.3 is 0 Å². The summed E-state index contributed by atoms with van der Waals surface area (Å²) in [7, 11) is 0. The largest absolute Gasteiger partial charge is 0.278 e. The number of pyridine rings is 1. The fourth-order valence-corrected chi connectivity index (χ4v) is 3.65. The van der Waals surface area contributed by atoms with E-state index in [9.17, 15) is 0 Å². The lowest BCUT2D eigenvalue weighted by Crippen LogP contribution is -2.04. The average Bonchev–Trinajstić information content (AvgIpc) is 3.52. The molecule has 0 unspecified atom stereocenters. The molecule has 0 fully saturated rings. The Morgan fingerprint density at radius 2 is 1.87 bits per heavy atom. The van der Waals surface area contributed by atoms with Crippen LogP contribution >= 0.6 is 0 Å². The second-order valence-electron chi connectivity index (χ2n) is 7.06. The van der Waals surface area contributed by atoms with Crippen molar-refractivity contribution in [3.63, 3.8) is 0 Å². The SMILES string of the molecule is c1ccc(Cn2nccc2-c2cc3c(cn2)nnn3-c2ccc3cn[nH]c3c2)cc1. The maximum Gasteiger partial charge on any atom is 0.131 e. The van der Waals surface area contributed by atoms with Crippen LogP contribution in [-0.4, -0.2) is 40.0 Å². The molecule has 0 bridgehead atoms. The summed E-state index contributed by atoms with van der Waals surface area (Å²) < 4.78 is 3.77. The first kappa shape index (κ1) is 16.6. The smallest absolute Gasteiger partial charge is 0.131 e. The van der Waals surface area contributed by atoms with Gasteiger partial charge in [0.2, 0.25) is 0 Å². The second-order valence-corrected chi connectivity index (χ2v) is 7.06. The zero-order valence-corrected chi connectivity index (χ0v) is 15.8. The summed E-state index contributed by atoms with van der Waals surface area (Å²) in [6, 6.07) is 20.3. The molecule has 4 aromatic heterocycles. The van der Waals surface area contributed by atoms with Gasteiger partial charge in [-0.2, -0.15) is 10.2 Å². The van der Waals surface area contributed by atoms with Crippen molar-refractivity contribution in [1.82, 2.24) is 40.0 Å². The maximum atomic E-state index is 4.61. The van der Waals surface area contributed by atoms with Crippen LogP contribution in [0.25, 0.3) is 39.0 Å². The highest BCUT2D eigenvalue weighted by Gasteiger charge is 2.13. The Bertz CT molecular complexity index is 1480. The van der Waals surface area contributed by atoms with E-state index in [-0.39, 0.29) is 0 Å². The molecule has 30 heavy (non-hydrogen) atoms. The van der Waals surface area contributed by atoms with Gasteiger partial charge in [0.1, 0.15) is 5.52 Å². The van der Waals surface area contributed by atoms with Crippen molar-refractivity contribution >= 4 is 21.9 Å². The van der Waals surface area contributed by atoms with Crippen molar-refractivity contribution in [3.05, 3.63) is 84.8 Å². The Morgan fingerprint density at radius 1 is 0.933 bits per heavy atom. The van der Waals surface area contributed by atoms with Crippen molar-refractivity contribution in [1.29, 1.82) is 0 Å². The lowest BCUT2D eigenvalue weighted by atomic mass is 10.2. The van der Waals surface area contributed by atoms with Gasteiger partial charge in [-0.3, -0.25) is 14.8 Å². The summed E-state index contributed by atoms with van der Waals surface area (Å²) in [4.78, 5) is 4.61. The minimum absolute atomic E-state index is 0.677. The molecule has 0 saturated carbocycles. The van der Waals surface area contributed by atoms with Gasteiger partial charge in [0.15, 0.2) is 0 Å². The molecule has 0 aliphatic carbocycles. The molecule has 4 heterocycles. The average molecular weight is 392 g/mol. The maximum absolute atomic E-state index is 4.61. The summed E-state index contributed by atoms with van der Waals surface area (Å²) >= 11 is 0. The fraction of sp³-hybridized carbons (Fsp3) is 0.0455. The van der Waals surface area contributed by atoms with Gasteiger partial charge in [0.25, 0.3) is 0 Å². The van der Waals surface area contributed by atoms with Crippen LogP contribution in [-0.2, 0) is 6.54 Å². The highest BCUT2D eigenvalue weighted by Crippen LogP contribution is 2.24. The van der Waals surface area contributed by atoms with Gasteiger partial charge in [-0.05, 0) is 35.9 Å². The quantitative estimate of drug-likeness (QED) is 0.495. The van der Waals surface area contributed by atoms with E-state index >= 15 is 0 Å². The first-order chi connectivity index (χ1) is 14.8. The molecule has 0 saturated heterocycles. The number of aromatic nitrogens is 8. The predicted octanol–water partition coefficient (Wildman–Crippen LogP) is 3.60. The summed E-state index contributed by atoms with van der Waals surface area (Å²) in [6.07, 6.45) is 5.35. The molecular weight excluding hydrogens is 376 g/mol. The highest BCUT2D eigenvalue weighted by molar-refractivity contribution is 5.83. The van der Waals surface area contributed by atoms with E-state index in [2.05, 4.69) is 42.7 Å². The zero-order valence-electron chi connectivity index (χ0n) is 15.8. The Kier molecular flexibility index (Phi) is 3.67. The number of hydrogen-bond acceptors (Lipinski definition) is 5. The van der Waals surface area contributed by atoms with Crippen LogP contribution in [0.3, 0.4) is 0 Å². The van der Waals surface area contributed by atoms with Crippen molar-refractivity contribution in [2.24, 2.45) is 0 Å². The molecule has 8 heteroatoms. The first-order valence-electron chi connectivity index (χ1n) is 9.56. The van der Waals surface area contributed by atoms with E-state index in [1.807, 2.05) is 57.9 Å². The number of aromatic amines is 1. The van der Waals surface area contributed by atoms with Crippen LogP contribution in [0.4, 0.5) is 0 Å². The minimum Gasteiger partial charge on any atom is -0.278 e. The number of benzene rings is 2. The Labute approximate surface area is 170 Å². The van der Waals surface area contributed by atoms with Gasteiger partial charge in [0, 0.05) is 11.6 Å². The lowest BCUT2D eigenvalue weighted by molar-refractivity contribution is 0.693. The molecule has 0 aliphatic rings. The van der Waals surface area contributed by atoms with Crippen LogP contribution in [0.1, 0.15) is 5.56 Å². The molecule has 8 nitrogen and oxygen atoms in total.